The standard InChI is InChI=1S/C18H25N5O2/c24-17-12-22(8-6-19-17)15-3-4-16(20-10-15)21-18(25)23-7-5-14(11-23)9-13-1-2-13/h3-4,10,13-14H,1-2,5-9,11-12H2,(H,19,24)(H,20,21,25). The van der Waals surface area contributed by atoms with E-state index in [9.17, 15) is 9.59 Å². The fourth-order valence-corrected chi connectivity index (χ4v) is 3.73. The first kappa shape index (κ1) is 16.2. The van der Waals surface area contributed by atoms with Crippen LogP contribution in [-0.2, 0) is 4.79 Å². The molecule has 4 rings (SSSR count). The summed E-state index contributed by atoms with van der Waals surface area (Å²) in [6, 6.07) is 3.65. The number of carbonyl (C=O) groups is 2. The zero-order chi connectivity index (χ0) is 17.2. The van der Waals surface area contributed by atoms with Gasteiger partial charge in [-0.1, -0.05) is 12.8 Å². The number of pyridine rings is 1. The molecule has 0 aromatic carbocycles. The molecule has 1 atom stereocenters. The van der Waals surface area contributed by atoms with Gasteiger partial charge in [0.05, 0.1) is 18.4 Å². The molecule has 1 aromatic heterocycles. The average Bonchev–Trinajstić information content (AvgIpc) is 3.30. The van der Waals surface area contributed by atoms with E-state index in [1.165, 1.54) is 19.3 Å². The van der Waals surface area contributed by atoms with Crippen molar-refractivity contribution >= 4 is 23.4 Å². The maximum Gasteiger partial charge on any atom is 0.323 e. The number of urea groups is 1. The van der Waals surface area contributed by atoms with Gasteiger partial charge in [0.15, 0.2) is 0 Å². The number of likely N-dealkylation sites (tertiary alicyclic amines) is 1. The van der Waals surface area contributed by atoms with Gasteiger partial charge in [-0.25, -0.2) is 9.78 Å². The summed E-state index contributed by atoms with van der Waals surface area (Å²) in [6.45, 7) is 3.47. The molecule has 0 spiro atoms. The van der Waals surface area contributed by atoms with E-state index in [1.807, 2.05) is 15.9 Å². The Kier molecular flexibility index (Phi) is 4.46. The number of anilines is 2. The quantitative estimate of drug-likeness (QED) is 0.872. The molecule has 0 bridgehead atoms. The van der Waals surface area contributed by atoms with Crippen LogP contribution in [0.3, 0.4) is 0 Å². The van der Waals surface area contributed by atoms with Gasteiger partial charge >= 0.3 is 6.03 Å². The van der Waals surface area contributed by atoms with Crippen LogP contribution in [0.5, 0.6) is 0 Å². The predicted octanol–water partition coefficient (Wildman–Crippen LogP) is 1.67. The first-order valence-electron chi connectivity index (χ1n) is 9.21. The smallest absolute Gasteiger partial charge is 0.323 e. The third kappa shape index (κ3) is 4.03. The maximum atomic E-state index is 12.4. The highest BCUT2D eigenvalue weighted by molar-refractivity contribution is 5.88. The van der Waals surface area contributed by atoms with E-state index in [2.05, 4.69) is 15.6 Å². The molecule has 1 saturated carbocycles. The van der Waals surface area contributed by atoms with Crippen LogP contribution in [0.15, 0.2) is 18.3 Å². The van der Waals surface area contributed by atoms with Crippen LogP contribution in [0.1, 0.15) is 25.7 Å². The van der Waals surface area contributed by atoms with Crippen LogP contribution < -0.4 is 15.5 Å². The minimum Gasteiger partial charge on any atom is -0.359 e. The molecule has 0 radical (unpaired) electrons. The number of carbonyl (C=O) groups excluding carboxylic acids is 2. The number of hydrogen-bond donors (Lipinski definition) is 2. The minimum absolute atomic E-state index is 0.0263. The second-order valence-electron chi connectivity index (χ2n) is 7.38. The molecule has 1 unspecified atom stereocenters. The van der Waals surface area contributed by atoms with Crippen LogP contribution in [0.4, 0.5) is 16.3 Å². The number of aromatic nitrogens is 1. The highest BCUT2D eigenvalue weighted by atomic mass is 16.2. The molecule has 3 fully saturated rings. The van der Waals surface area contributed by atoms with Gasteiger partial charge in [0.1, 0.15) is 5.82 Å². The fourth-order valence-electron chi connectivity index (χ4n) is 3.73. The van der Waals surface area contributed by atoms with E-state index in [0.29, 0.717) is 24.8 Å². The monoisotopic (exact) mass is 343 g/mol. The Labute approximate surface area is 147 Å². The Morgan fingerprint density at radius 3 is 2.84 bits per heavy atom. The van der Waals surface area contributed by atoms with Crippen molar-refractivity contribution in [2.45, 2.75) is 25.7 Å². The van der Waals surface area contributed by atoms with Crippen LogP contribution >= 0.6 is 0 Å². The van der Waals surface area contributed by atoms with E-state index in [-0.39, 0.29) is 11.9 Å². The lowest BCUT2D eigenvalue weighted by molar-refractivity contribution is -0.120. The van der Waals surface area contributed by atoms with E-state index >= 15 is 0 Å². The third-order valence-corrected chi connectivity index (χ3v) is 5.32. The van der Waals surface area contributed by atoms with Crippen LogP contribution in [0, 0.1) is 11.8 Å². The second kappa shape index (κ2) is 6.90. The molecule has 7 heteroatoms. The summed E-state index contributed by atoms with van der Waals surface area (Å²) < 4.78 is 0. The Balaban J connectivity index is 1.30. The molecule has 25 heavy (non-hydrogen) atoms. The van der Waals surface area contributed by atoms with Gasteiger partial charge in [0.25, 0.3) is 0 Å². The summed E-state index contributed by atoms with van der Waals surface area (Å²) in [4.78, 5) is 32.1. The van der Waals surface area contributed by atoms with Crippen molar-refractivity contribution < 1.29 is 9.59 Å². The van der Waals surface area contributed by atoms with Crippen molar-refractivity contribution in [2.24, 2.45) is 11.8 Å². The number of nitrogens with zero attached hydrogens (tertiary/aromatic N) is 3. The molecular formula is C18H25N5O2. The molecule has 7 nitrogen and oxygen atoms in total. The normalized spacial score (nSPS) is 23.5. The highest BCUT2D eigenvalue weighted by Gasteiger charge is 2.31. The van der Waals surface area contributed by atoms with Crippen molar-refractivity contribution in [2.75, 3.05) is 42.9 Å². The molecule has 3 heterocycles. The average molecular weight is 343 g/mol. The van der Waals surface area contributed by atoms with Crippen LogP contribution in [0.2, 0.25) is 0 Å². The molecule has 3 aliphatic rings. The van der Waals surface area contributed by atoms with Crippen LogP contribution in [0.25, 0.3) is 0 Å². The maximum absolute atomic E-state index is 12.4. The largest absolute Gasteiger partial charge is 0.359 e. The number of amides is 3. The van der Waals surface area contributed by atoms with E-state index < -0.39 is 0 Å². The summed E-state index contributed by atoms with van der Waals surface area (Å²) in [5.41, 5.74) is 0.901. The van der Waals surface area contributed by atoms with Crippen molar-refractivity contribution in [1.82, 2.24) is 15.2 Å². The summed E-state index contributed by atoms with van der Waals surface area (Å²) in [5, 5.41) is 5.70. The van der Waals surface area contributed by atoms with Crippen molar-refractivity contribution in [3.63, 3.8) is 0 Å². The van der Waals surface area contributed by atoms with E-state index in [4.69, 9.17) is 0 Å². The topological polar surface area (TPSA) is 77.6 Å². The summed E-state index contributed by atoms with van der Waals surface area (Å²) in [7, 11) is 0. The lowest BCUT2D eigenvalue weighted by atomic mass is 10.0. The second-order valence-corrected chi connectivity index (χ2v) is 7.38. The fraction of sp³-hybridized carbons (Fsp3) is 0.611. The van der Waals surface area contributed by atoms with Crippen molar-refractivity contribution in [3.8, 4) is 0 Å². The van der Waals surface area contributed by atoms with E-state index in [0.717, 1.165) is 37.7 Å². The zero-order valence-corrected chi connectivity index (χ0v) is 14.4. The van der Waals surface area contributed by atoms with Gasteiger partial charge in [-0.2, -0.15) is 0 Å². The van der Waals surface area contributed by atoms with Gasteiger partial charge < -0.3 is 15.1 Å². The van der Waals surface area contributed by atoms with Gasteiger partial charge in [-0.05, 0) is 36.8 Å². The highest BCUT2D eigenvalue weighted by Crippen LogP contribution is 2.37. The number of nitrogens with one attached hydrogen (secondary N) is 2. The van der Waals surface area contributed by atoms with Crippen molar-refractivity contribution in [1.29, 1.82) is 0 Å². The predicted molar refractivity (Wildman–Crippen MR) is 95.5 cm³/mol. The molecule has 3 amide bonds. The Morgan fingerprint density at radius 1 is 1.24 bits per heavy atom. The summed E-state index contributed by atoms with van der Waals surface area (Å²) in [5.74, 6) is 2.16. The van der Waals surface area contributed by atoms with Crippen LogP contribution in [-0.4, -0.2) is 54.5 Å². The molecule has 134 valence electrons. The summed E-state index contributed by atoms with van der Waals surface area (Å²) in [6.07, 6.45) is 6.86. The van der Waals surface area contributed by atoms with Gasteiger partial charge in [0.2, 0.25) is 5.91 Å². The lowest BCUT2D eigenvalue weighted by Crippen LogP contribution is -2.47. The Hall–Kier alpha value is -2.31. The molecule has 1 aliphatic carbocycles. The van der Waals surface area contributed by atoms with Gasteiger partial charge in [-0.15, -0.1) is 0 Å². The molecule has 2 N–H and O–H groups in total. The summed E-state index contributed by atoms with van der Waals surface area (Å²) >= 11 is 0. The van der Waals surface area contributed by atoms with E-state index in [1.54, 1.807) is 12.3 Å². The lowest BCUT2D eigenvalue weighted by Gasteiger charge is -2.28. The first-order chi connectivity index (χ1) is 12.2. The molecule has 2 aliphatic heterocycles. The van der Waals surface area contributed by atoms with Gasteiger partial charge in [0, 0.05) is 26.2 Å². The number of hydrogen-bond acceptors (Lipinski definition) is 4. The van der Waals surface area contributed by atoms with Crippen molar-refractivity contribution in [3.05, 3.63) is 18.3 Å². The third-order valence-electron chi connectivity index (χ3n) is 5.32. The SMILES string of the molecule is O=C1CN(c2ccc(NC(=O)N3CCC(CC4CC4)C3)nc2)CCN1. The Bertz CT molecular complexity index is 643. The molecule has 1 aromatic rings. The molecular weight excluding hydrogens is 318 g/mol. The van der Waals surface area contributed by atoms with Gasteiger partial charge in [-0.3, -0.25) is 10.1 Å². The Morgan fingerprint density at radius 2 is 2.12 bits per heavy atom. The number of rotatable bonds is 4. The first-order valence-corrected chi connectivity index (χ1v) is 9.21. The number of piperazine rings is 1. The molecule has 2 saturated heterocycles. The zero-order valence-electron chi connectivity index (χ0n) is 14.4. The minimum atomic E-state index is -0.0594.